The van der Waals surface area contributed by atoms with Gasteiger partial charge in [0.1, 0.15) is 6.29 Å². The van der Waals surface area contributed by atoms with Crippen molar-refractivity contribution in [2.45, 2.75) is 6.42 Å². The molecule has 0 fully saturated rings. The Bertz CT molecular complexity index is 465. The SMILES string of the molecule is O=CCCNc1ccc2ccccc2c1. The second-order valence-electron chi connectivity index (χ2n) is 3.44. The number of carbonyl (C=O) groups excluding carboxylic acids is 1. The number of benzene rings is 2. The molecule has 2 aromatic carbocycles. The van der Waals surface area contributed by atoms with Crippen LogP contribution in [-0.2, 0) is 4.79 Å². The molecular formula is C13H13NO. The Hall–Kier alpha value is -1.83. The van der Waals surface area contributed by atoms with E-state index in [0.717, 1.165) is 12.0 Å². The molecule has 0 heterocycles. The highest BCUT2D eigenvalue weighted by molar-refractivity contribution is 5.85. The van der Waals surface area contributed by atoms with Crippen LogP contribution in [0.3, 0.4) is 0 Å². The van der Waals surface area contributed by atoms with E-state index in [4.69, 9.17) is 0 Å². The van der Waals surface area contributed by atoms with Crippen molar-refractivity contribution >= 4 is 22.7 Å². The highest BCUT2D eigenvalue weighted by Crippen LogP contribution is 2.18. The van der Waals surface area contributed by atoms with Gasteiger partial charge in [-0.1, -0.05) is 30.3 Å². The van der Waals surface area contributed by atoms with Gasteiger partial charge in [-0.25, -0.2) is 0 Å². The fraction of sp³-hybridized carbons (Fsp3) is 0.154. The summed E-state index contributed by atoms with van der Waals surface area (Å²) in [7, 11) is 0. The maximum Gasteiger partial charge on any atom is 0.121 e. The Morgan fingerprint density at radius 3 is 2.67 bits per heavy atom. The minimum Gasteiger partial charge on any atom is -0.385 e. The summed E-state index contributed by atoms with van der Waals surface area (Å²) in [6.45, 7) is 0.696. The lowest BCUT2D eigenvalue weighted by Crippen LogP contribution is -2.01. The number of nitrogens with one attached hydrogen (secondary N) is 1. The van der Waals surface area contributed by atoms with Gasteiger partial charge in [0.05, 0.1) is 0 Å². The predicted octanol–water partition coefficient (Wildman–Crippen LogP) is 2.84. The molecule has 0 aliphatic heterocycles. The van der Waals surface area contributed by atoms with Gasteiger partial charge in [0.25, 0.3) is 0 Å². The molecule has 2 heteroatoms. The molecule has 0 radical (unpaired) electrons. The molecule has 0 bridgehead atoms. The zero-order valence-corrected chi connectivity index (χ0v) is 8.44. The fourth-order valence-corrected chi connectivity index (χ4v) is 1.57. The van der Waals surface area contributed by atoms with Gasteiger partial charge in [0.2, 0.25) is 0 Å². The van der Waals surface area contributed by atoms with E-state index in [1.807, 2.05) is 18.2 Å². The third-order valence-electron chi connectivity index (χ3n) is 2.34. The van der Waals surface area contributed by atoms with E-state index in [0.29, 0.717) is 13.0 Å². The summed E-state index contributed by atoms with van der Waals surface area (Å²) in [6.07, 6.45) is 1.47. The van der Waals surface area contributed by atoms with E-state index < -0.39 is 0 Å². The molecule has 1 N–H and O–H groups in total. The molecule has 0 saturated heterocycles. The molecule has 0 aliphatic rings. The second kappa shape index (κ2) is 4.60. The first-order valence-corrected chi connectivity index (χ1v) is 5.06. The van der Waals surface area contributed by atoms with Gasteiger partial charge in [-0.3, -0.25) is 0 Å². The average Bonchev–Trinajstić information content (AvgIpc) is 2.29. The lowest BCUT2D eigenvalue weighted by molar-refractivity contribution is -0.107. The second-order valence-corrected chi connectivity index (χ2v) is 3.44. The van der Waals surface area contributed by atoms with Crippen LogP contribution in [-0.4, -0.2) is 12.8 Å². The highest BCUT2D eigenvalue weighted by atomic mass is 16.1. The number of fused-ring (bicyclic) bond motifs is 1. The minimum absolute atomic E-state index is 0.548. The van der Waals surface area contributed by atoms with E-state index in [2.05, 4.69) is 29.6 Å². The fourth-order valence-electron chi connectivity index (χ4n) is 1.57. The van der Waals surface area contributed by atoms with Gasteiger partial charge in [0, 0.05) is 18.7 Å². The first-order chi connectivity index (χ1) is 7.40. The molecular weight excluding hydrogens is 186 g/mol. The lowest BCUT2D eigenvalue weighted by Gasteiger charge is -2.05. The van der Waals surface area contributed by atoms with Crippen molar-refractivity contribution in [2.24, 2.45) is 0 Å². The Kier molecular flexibility index (Phi) is 2.98. The molecule has 2 aromatic rings. The number of rotatable bonds is 4. The molecule has 2 nitrogen and oxygen atoms in total. The topological polar surface area (TPSA) is 29.1 Å². The van der Waals surface area contributed by atoms with Crippen molar-refractivity contribution in [3.05, 3.63) is 42.5 Å². The molecule has 2 rings (SSSR count). The van der Waals surface area contributed by atoms with Crippen LogP contribution >= 0.6 is 0 Å². The molecule has 0 spiro atoms. The van der Waals surface area contributed by atoms with Gasteiger partial charge in [-0.2, -0.15) is 0 Å². The largest absolute Gasteiger partial charge is 0.385 e. The van der Waals surface area contributed by atoms with Gasteiger partial charge < -0.3 is 10.1 Å². The first kappa shape index (κ1) is 9.71. The van der Waals surface area contributed by atoms with E-state index >= 15 is 0 Å². The third-order valence-corrected chi connectivity index (χ3v) is 2.34. The van der Waals surface area contributed by atoms with E-state index in [1.165, 1.54) is 10.8 Å². The predicted molar refractivity (Wildman–Crippen MR) is 63.1 cm³/mol. The van der Waals surface area contributed by atoms with Crippen LogP contribution in [0.1, 0.15) is 6.42 Å². The third kappa shape index (κ3) is 2.34. The Morgan fingerprint density at radius 1 is 1.07 bits per heavy atom. The van der Waals surface area contributed by atoms with Crippen LogP contribution < -0.4 is 5.32 Å². The smallest absolute Gasteiger partial charge is 0.121 e. The standard InChI is InChI=1S/C13H13NO/c15-9-3-8-14-13-7-6-11-4-1-2-5-12(11)10-13/h1-2,4-7,9-10,14H,3,8H2. The molecule has 0 unspecified atom stereocenters. The quantitative estimate of drug-likeness (QED) is 0.606. The zero-order chi connectivity index (χ0) is 10.5. The Morgan fingerprint density at radius 2 is 1.87 bits per heavy atom. The van der Waals surface area contributed by atoms with Gasteiger partial charge in [0.15, 0.2) is 0 Å². The zero-order valence-electron chi connectivity index (χ0n) is 8.44. The van der Waals surface area contributed by atoms with Crippen molar-refractivity contribution in [1.29, 1.82) is 0 Å². The van der Waals surface area contributed by atoms with E-state index in [-0.39, 0.29) is 0 Å². The maximum atomic E-state index is 10.2. The molecule has 0 amide bonds. The van der Waals surface area contributed by atoms with Crippen molar-refractivity contribution < 1.29 is 4.79 Å². The van der Waals surface area contributed by atoms with Crippen LogP contribution in [0.4, 0.5) is 5.69 Å². The van der Waals surface area contributed by atoms with Gasteiger partial charge in [-0.05, 0) is 22.9 Å². The molecule has 0 aliphatic carbocycles. The van der Waals surface area contributed by atoms with Crippen LogP contribution in [0.5, 0.6) is 0 Å². The number of hydrogen-bond acceptors (Lipinski definition) is 2. The van der Waals surface area contributed by atoms with Crippen LogP contribution in [0, 0.1) is 0 Å². The van der Waals surface area contributed by atoms with Crippen LogP contribution in [0.25, 0.3) is 10.8 Å². The number of anilines is 1. The molecule has 0 saturated carbocycles. The highest BCUT2D eigenvalue weighted by Gasteiger charge is 1.94. The van der Waals surface area contributed by atoms with Crippen LogP contribution in [0.15, 0.2) is 42.5 Å². The molecule has 0 atom stereocenters. The lowest BCUT2D eigenvalue weighted by atomic mass is 10.1. The van der Waals surface area contributed by atoms with E-state index in [9.17, 15) is 4.79 Å². The summed E-state index contributed by atoms with van der Waals surface area (Å²) in [6, 6.07) is 14.4. The monoisotopic (exact) mass is 199 g/mol. The molecule has 0 aromatic heterocycles. The summed E-state index contributed by atoms with van der Waals surface area (Å²) < 4.78 is 0. The summed E-state index contributed by atoms with van der Waals surface area (Å²) >= 11 is 0. The maximum absolute atomic E-state index is 10.2. The van der Waals surface area contributed by atoms with E-state index in [1.54, 1.807) is 0 Å². The molecule has 76 valence electrons. The normalized spacial score (nSPS) is 10.1. The van der Waals surface area contributed by atoms with Gasteiger partial charge in [-0.15, -0.1) is 0 Å². The Balaban J connectivity index is 2.19. The molecule has 15 heavy (non-hydrogen) atoms. The van der Waals surface area contributed by atoms with Crippen molar-refractivity contribution in [3.63, 3.8) is 0 Å². The van der Waals surface area contributed by atoms with Crippen LogP contribution in [0.2, 0.25) is 0 Å². The Labute approximate surface area is 88.9 Å². The first-order valence-electron chi connectivity index (χ1n) is 5.06. The summed E-state index contributed by atoms with van der Waals surface area (Å²) in [4.78, 5) is 10.2. The van der Waals surface area contributed by atoms with Gasteiger partial charge >= 0.3 is 0 Å². The number of hydrogen-bond donors (Lipinski definition) is 1. The summed E-state index contributed by atoms with van der Waals surface area (Å²) in [5.74, 6) is 0. The number of aldehydes is 1. The average molecular weight is 199 g/mol. The summed E-state index contributed by atoms with van der Waals surface area (Å²) in [5.41, 5.74) is 1.07. The van der Waals surface area contributed by atoms with Crippen molar-refractivity contribution in [2.75, 3.05) is 11.9 Å². The minimum atomic E-state index is 0.548. The van der Waals surface area contributed by atoms with Crippen molar-refractivity contribution in [1.82, 2.24) is 0 Å². The van der Waals surface area contributed by atoms with Crippen molar-refractivity contribution in [3.8, 4) is 0 Å². The number of carbonyl (C=O) groups is 1. The summed E-state index contributed by atoms with van der Waals surface area (Å²) in [5, 5.41) is 5.66.